The summed E-state index contributed by atoms with van der Waals surface area (Å²) in [5.74, 6) is 1.15. The molecular weight excluding hydrogens is 326 g/mol. The lowest BCUT2D eigenvalue weighted by Gasteiger charge is -2.08. The van der Waals surface area contributed by atoms with Crippen LogP contribution in [0.15, 0.2) is 40.9 Å². The van der Waals surface area contributed by atoms with Gasteiger partial charge in [0.2, 0.25) is 0 Å². The number of benzene rings is 2. The van der Waals surface area contributed by atoms with Crippen LogP contribution in [0.2, 0.25) is 0 Å². The third-order valence-electron chi connectivity index (χ3n) is 3.60. The number of nitrogens with one attached hydrogen (secondary N) is 1. The van der Waals surface area contributed by atoms with E-state index in [-0.39, 0.29) is 0 Å². The summed E-state index contributed by atoms with van der Waals surface area (Å²) in [6.45, 7) is 4.38. The molecule has 0 amide bonds. The molecule has 0 aliphatic carbocycles. The second-order valence-corrected chi connectivity index (χ2v) is 6.68. The van der Waals surface area contributed by atoms with Gasteiger partial charge in [-0.25, -0.2) is 0 Å². The first-order valence-electron chi connectivity index (χ1n) is 7.07. The molecule has 3 rings (SSSR count). The number of halogens is 1. The van der Waals surface area contributed by atoms with Gasteiger partial charge in [-0.15, -0.1) is 0 Å². The van der Waals surface area contributed by atoms with Crippen LogP contribution < -0.4 is 5.73 Å². The monoisotopic (exact) mass is 343 g/mol. The Kier molecular flexibility index (Phi) is 3.72. The highest BCUT2D eigenvalue weighted by Gasteiger charge is 2.14. The van der Waals surface area contributed by atoms with Crippen LogP contribution in [-0.2, 0) is 6.42 Å². The van der Waals surface area contributed by atoms with Gasteiger partial charge in [0.1, 0.15) is 5.82 Å². The van der Waals surface area contributed by atoms with E-state index in [1.165, 1.54) is 10.8 Å². The van der Waals surface area contributed by atoms with Crippen LogP contribution in [0.4, 0.5) is 5.82 Å². The van der Waals surface area contributed by atoms with E-state index in [1.54, 1.807) is 0 Å². The third kappa shape index (κ3) is 2.81. The Bertz CT molecular complexity index is 790. The molecule has 0 aliphatic rings. The summed E-state index contributed by atoms with van der Waals surface area (Å²) in [7, 11) is 0. The molecule has 0 fully saturated rings. The molecule has 21 heavy (non-hydrogen) atoms. The molecule has 3 aromatic rings. The Morgan fingerprint density at radius 2 is 1.86 bits per heavy atom. The van der Waals surface area contributed by atoms with Crippen LogP contribution in [0.1, 0.15) is 19.4 Å². The van der Waals surface area contributed by atoms with Crippen LogP contribution in [0.3, 0.4) is 0 Å². The molecule has 0 saturated carbocycles. The van der Waals surface area contributed by atoms with Crippen LogP contribution in [0, 0.1) is 5.92 Å². The van der Waals surface area contributed by atoms with E-state index in [0.717, 1.165) is 27.7 Å². The van der Waals surface area contributed by atoms with Gasteiger partial charge in [0.15, 0.2) is 0 Å². The van der Waals surface area contributed by atoms with Gasteiger partial charge in [0.05, 0.1) is 5.69 Å². The number of hydrogen-bond donors (Lipinski definition) is 2. The van der Waals surface area contributed by atoms with E-state index >= 15 is 0 Å². The Morgan fingerprint density at radius 3 is 2.62 bits per heavy atom. The van der Waals surface area contributed by atoms with E-state index in [1.807, 2.05) is 0 Å². The Hall–Kier alpha value is -1.81. The van der Waals surface area contributed by atoms with Crippen LogP contribution >= 0.6 is 15.9 Å². The van der Waals surface area contributed by atoms with Gasteiger partial charge >= 0.3 is 0 Å². The summed E-state index contributed by atoms with van der Waals surface area (Å²) in [6, 6.07) is 12.7. The quantitative estimate of drug-likeness (QED) is 0.719. The minimum absolute atomic E-state index is 0.542. The van der Waals surface area contributed by atoms with Gasteiger partial charge in [0.25, 0.3) is 0 Å². The molecule has 0 saturated heterocycles. The maximum Gasteiger partial charge on any atom is 0.149 e. The van der Waals surface area contributed by atoms with E-state index in [2.05, 4.69) is 76.4 Å². The fourth-order valence-corrected chi connectivity index (χ4v) is 2.98. The number of anilines is 1. The SMILES string of the molecule is CC(C)Cc1c(N)n[nH]c1-c1ccc2cc(Br)ccc2c1. The summed E-state index contributed by atoms with van der Waals surface area (Å²) < 4.78 is 1.09. The fourth-order valence-electron chi connectivity index (χ4n) is 2.60. The standard InChI is InChI=1S/C17H18BrN3/c1-10(2)7-15-16(20-21-17(15)19)13-4-3-12-9-14(18)6-5-11(12)8-13/h3-6,8-10H,7H2,1-2H3,(H3,19,20,21). The first-order chi connectivity index (χ1) is 10.0. The molecule has 108 valence electrons. The van der Waals surface area contributed by atoms with Crippen molar-refractivity contribution in [3.05, 3.63) is 46.4 Å². The van der Waals surface area contributed by atoms with E-state index in [4.69, 9.17) is 5.73 Å². The van der Waals surface area contributed by atoms with Crippen molar-refractivity contribution in [1.82, 2.24) is 10.2 Å². The summed E-state index contributed by atoms with van der Waals surface area (Å²) >= 11 is 3.51. The average molecular weight is 344 g/mol. The highest BCUT2D eigenvalue weighted by Crippen LogP contribution is 2.30. The molecule has 0 unspecified atom stereocenters. The molecular formula is C17H18BrN3. The second kappa shape index (κ2) is 5.53. The summed E-state index contributed by atoms with van der Waals surface area (Å²) in [6.07, 6.45) is 0.927. The van der Waals surface area contributed by atoms with Crippen molar-refractivity contribution in [3.8, 4) is 11.3 Å². The molecule has 3 nitrogen and oxygen atoms in total. The number of nitrogen functional groups attached to an aromatic ring is 1. The summed E-state index contributed by atoms with van der Waals surface area (Å²) in [5, 5.41) is 9.69. The molecule has 2 aromatic carbocycles. The largest absolute Gasteiger partial charge is 0.382 e. The number of rotatable bonds is 3. The number of hydrogen-bond acceptors (Lipinski definition) is 2. The molecule has 0 aliphatic heterocycles. The second-order valence-electron chi connectivity index (χ2n) is 5.77. The number of fused-ring (bicyclic) bond motifs is 1. The molecule has 0 atom stereocenters. The Labute approximate surface area is 132 Å². The molecule has 0 spiro atoms. The van der Waals surface area contributed by atoms with Crippen molar-refractivity contribution in [1.29, 1.82) is 0 Å². The lowest BCUT2D eigenvalue weighted by Crippen LogP contribution is -1.99. The molecule has 4 heteroatoms. The van der Waals surface area contributed by atoms with Gasteiger partial charge in [-0.3, -0.25) is 5.10 Å². The third-order valence-corrected chi connectivity index (χ3v) is 4.10. The number of aromatic amines is 1. The summed E-state index contributed by atoms with van der Waals surface area (Å²) in [4.78, 5) is 0. The number of H-pyrrole nitrogens is 1. The highest BCUT2D eigenvalue weighted by molar-refractivity contribution is 9.10. The van der Waals surface area contributed by atoms with Crippen molar-refractivity contribution in [2.45, 2.75) is 20.3 Å². The van der Waals surface area contributed by atoms with Crippen molar-refractivity contribution >= 4 is 32.5 Å². The first-order valence-corrected chi connectivity index (χ1v) is 7.86. The van der Waals surface area contributed by atoms with E-state index < -0.39 is 0 Å². The molecule has 3 N–H and O–H groups in total. The minimum Gasteiger partial charge on any atom is -0.382 e. The zero-order valence-corrected chi connectivity index (χ0v) is 13.7. The zero-order chi connectivity index (χ0) is 15.0. The molecule has 1 heterocycles. The van der Waals surface area contributed by atoms with Crippen LogP contribution in [0.25, 0.3) is 22.0 Å². The van der Waals surface area contributed by atoms with Crippen molar-refractivity contribution in [2.75, 3.05) is 5.73 Å². The first kappa shape index (κ1) is 14.1. The van der Waals surface area contributed by atoms with Gasteiger partial charge in [0, 0.05) is 15.6 Å². The predicted molar refractivity (Wildman–Crippen MR) is 92.2 cm³/mol. The lowest BCUT2D eigenvalue weighted by atomic mass is 9.97. The number of nitrogens with zero attached hydrogens (tertiary/aromatic N) is 1. The maximum atomic E-state index is 6.01. The van der Waals surface area contributed by atoms with Crippen molar-refractivity contribution in [2.24, 2.45) is 5.92 Å². The van der Waals surface area contributed by atoms with E-state index in [0.29, 0.717) is 11.7 Å². The summed E-state index contributed by atoms with van der Waals surface area (Å²) in [5.41, 5.74) is 9.29. The molecule has 1 aromatic heterocycles. The lowest BCUT2D eigenvalue weighted by molar-refractivity contribution is 0.649. The van der Waals surface area contributed by atoms with Gasteiger partial charge in [-0.1, -0.05) is 48.0 Å². The van der Waals surface area contributed by atoms with Gasteiger partial charge < -0.3 is 5.73 Å². The van der Waals surface area contributed by atoms with Crippen molar-refractivity contribution in [3.63, 3.8) is 0 Å². The smallest absolute Gasteiger partial charge is 0.149 e. The Balaban J connectivity index is 2.10. The van der Waals surface area contributed by atoms with Gasteiger partial charge in [-0.05, 0) is 41.3 Å². The maximum absolute atomic E-state index is 6.01. The van der Waals surface area contributed by atoms with Crippen molar-refractivity contribution < 1.29 is 0 Å². The zero-order valence-electron chi connectivity index (χ0n) is 12.2. The number of nitrogens with two attached hydrogens (primary N) is 1. The average Bonchev–Trinajstić information content (AvgIpc) is 2.79. The van der Waals surface area contributed by atoms with Gasteiger partial charge in [-0.2, -0.15) is 5.10 Å². The van der Waals surface area contributed by atoms with Crippen LogP contribution in [0.5, 0.6) is 0 Å². The normalized spacial score (nSPS) is 11.4. The van der Waals surface area contributed by atoms with Crippen LogP contribution in [-0.4, -0.2) is 10.2 Å². The fraction of sp³-hybridized carbons (Fsp3) is 0.235. The minimum atomic E-state index is 0.542. The highest BCUT2D eigenvalue weighted by atomic mass is 79.9. The number of aromatic nitrogens is 2. The predicted octanol–water partition coefficient (Wildman–Crippen LogP) is 4.77. The van der Waals surface area contributed by atoms with E-state index in [9.17, 15) is 0 Å². The molecule has 0 bridgehead atoms. The topological polar surface area (TPSA) is 54.7 Å². The molecule has 0 radical (unpaired) electrons. The Morgan fingerprint density at radius 1 is 1.14 bits per heavy atom.